The van der Waals surface area contributed by atoms with E-state index in [1.807, 2.05) is 66.9 Å². The lowest BCUT2D eigenvalue weighted by Crippen LogP contribution is -2.15. The molecule has 1 amide bonds. The second kappa shape index (κ2) is 9.77. The maximum absolute atomic E-state index is 12.8. The summed E-state index contributed by atoms with van der Waals surface area (Å²) in [4.78, 5) is 31.2. The molecule has 7 heteroatoms. The standard InChI is InChI=1S/C28H25N3O4/c1-34-21-12-8-18(9-13-21)5-4-14-35-28(33)30-20-11-10-19-15-23(27(32)31-26(19)16-20)24-17-29-25-7-3-2-6-22(24)25/h2-3,6-13,15-17,29H,4-5,14H2,1H3,(H,30,33)(H,31,32). The van der Waals surface area contributed by atoms with E-state index < -0.39 is 6.09 Å². The lowest BCUT2D eigenvalue weighted by Gasteiger charge is -2.09. The van der Waals surface area contributed by atoms with Crippen molar-refractivity contribution in [3.63, 3.8) is 0 Å². The Labute approximate surface area is 201 Å². The van der Waals surface area contributed by atoms with Crippen LogP contribution >= 0.6 is 0 Å². The topological polar surface area (TPSA) is 96.2 Å². The van der Waals surface area contributed by atoms with Crippen LogP contribution in [0.5, 0.6) is 5.75 Å². The smallest absolute Gasteiger partial charge is 0.411 e. The van der Waals surface area contributed by atoms with Gasteiger partial charge in [-0.15, -0.1) is 0 Å². The number of carbonyl (C=O) groups excluding carboxylic acids is 1. The zero-order valence-corrected chi connectivity index (χ0v) is 19.3. The van der Waals surface area contributed by atoms with Crippen molar-refractivity contribution in [3.05, 3.63) is 94.9 Å². The number of fused-ring (bicyclic) bond motifs is 2. The number of hydrogen-bond acceptors (Lipinski definition) is 4. The molecule has 0 fully saturated rings. The highest BCUT2D eigenvalue weighted by Crippen LogP contribution is 2.28. The first-order valence-electron chi connectivity index (χ1n) is 11.4. The van der Waals surface area contributed by atoms with Crippen LogP contribution in [-0.4, -0.2) is 29.8 Å². The summed E-state index contributed by atoms with van der Waals surface area (Å²) in [6.07, 6.45) is 2.83. The Morgan fingerprint density at radius 2 is 1.77 bits per heavy atom. The predicted octanol–water partition coefficient (Wildman–Crippen LogP) is 5.87. The second-order valence-corrected chi connectivity index (χ2v) is 8.27. The maximum Gasteiger partial charge on any atom is 0.411 e. The van der Waals surface area contributed by atoms with Crippen LogP contribution in [0.3, 0.4) is 0 Å². The number of hydrogen-bond donors (Lipinski definition) is 3. The van der Waals surface area contributed by atoms with E-state index in [0.717, 1.165) is 39.6 Å². The number of para-hydroxylation sites is 1. The Bertz CT molecular complexity index is 1550. The van der Waals surface area contributed by atoms with Crippen LogP contribution in [0.1, 0.15) is 12.0 Å². The molecule has 5 rings (SSSR count). The van der Waals surface area contributed by atoms with E-state index in [1.165, 1.54) is 0 Å². The van der Waals surface area contributed by atoms with Crippen LogP contribution in [0.2, 0.25) is 0 Å². The Morgan fingerprint density at radius 1 is 0.943 bits per heavy atom. The molecule has 3 N–H and O–H groups in total. The summed E-state index contributed by atoms with van der Waals surface area (Å²) in [5.41, 5.74) is 4.56. The zero-order valence-electron chi connectivity index (χ0n) is 19.3. The van der Waals surface area contributed by atoms with E-state index in [2.05, 4.69) is 15.3 Å². The minimum absolute atomic E-state index is 0.194. The molecule has 0 saturated carbocycles. The number of aromatic amines is 2. The number of nitrogens with one attached hydrogen (secondary N) is 3. The molecule has 0 aliphatic heterocycles. The number of benzene rings is 3. The van der Waals surface area contributed by atoms with Gasteiger partial charge in [0.1, 0.15) is 5.75 Å². The summed E-state index contributed by atoms with van der Waals surface area (Å²) in [7, 11) is 1.64. The van der Waals surface area contributed by atoms with Crippen molar-refractivity contribution in [1.82, 2.24) is 9.97 Å². The SMILES string of the molecule is COc1ccc(CCCOC(=O)Nc2ccc3cc(-c4c[nH]c5ccccc45)c(=O)[nH]c3c2)cc1. The zero-order chi connectivity index (χ0) is 24.2. The van der Waals surface area contributed by atoms with Gasteiger partial charge >= 0.3 is 6.09 Å². The lowest BCUT2D eigenvalue weighted by atomic mass is 10.0. The summed E-state index contributed by atoms with van der Waals surface area (Å²) >= 11 is 0. The fourth-order valence-corrected chi connectivity index (χ4v) is 4.16. The first kappa shape index (κ1) is 22.3. The number of carbonyl (C=O) groups is 1. The number of H-pyrrole nitrogens is 2. The molecule has 0 spiro atoms. The van der Waals surface area contributed by atoms with Crippen LogP contribution in [-0.2, 0) is 11.2 Å². The number of aromatic nitrogens is 2. The van der Waals surface area contributed by atoms with E-state index in [9.17, 15) is 9.59 Å². The highest BCUT2D eigenvalue weighted by Gasteiger charge is 2.12. The first-order valence-corrected chi connectivity index (χ1v) is 11.4. The molecule has 3 aromatic carbocycles. The van der Waals surface area contributed by atoms with Crippen LogP contribution in [0.15, 0.2) is 83.8 Å². The number of aryl methyl sites for hydroxylation is 1. The summed E-state index contributed by atoms with van der Waals surface area (Å²) in [5.74, 6) is 0.815. The molecule has 0 atom stereocenters. The van der Waals surface area contributed by atoms with Crippen LogP contribution in [0.25, 0.3) is 32.9 Å². The number of pyridine rings is 1. The Morgan fingerprint density at radius 3 is 2.60 bits per heavy atom. The van der Waals surface area contributed by atoms with Gasteiger partial charge in [0.25, 0.3) is 5.56 Å². The maximum atomic E-state index is 12.8. The minimum Gasteiger partial charge on any atom is -0.497 e. The fourth-order valence-electron chi connectivity index (χ4n) is 4.16. The third-order valence-corrected chi connectivity index (χ3v) is 5.97. The van der Waals surface area contributed by atoms with Crippen molar-refractivity contribution >= 4 is 33.6 Å². The largest absolute Gasteiger partial charge is 0.497 e. The van der Waals surface area contributed by atoms with Crippen molar-refractivity contribution in [2.45, 2.75) is 12.8 Å². The van der Waals surface area contributed by atoms with Crippen LogP contribution in [0.4, 0.5) is 10.5 Å². The quantitative estimate of drug-likeness (QED) is 0.261. The van der Waals surface area contributed by atoms with E-state index in [4.69, 9.17) is 9.47 Å². The molecule has 5 aromatic rings. The van der Waals surface area contributed by atoms with Crippen molar-refractivity contribution in [2.75, 3.05) is 19.0 Å². The van der Waals surface area contributed by atoms with Crippen LogP contribution < -0.4 is 15.6 Å². The highest BCUT2D eigenvalue weighted by molar-refractivity contribution is 5.98. The first-order chi connectivity index (χ1) is 17.1. The minimum atomic E-state index is -0.531. The molecule has 35 heavy (non-hydrogen) atoms. The van der Waals surface area contributed by atoms with Gasteiger partial charge in [-0.05, 0) is 60.2 Å². The Kier molecular flexibility index (Phi) is 6.22. The number of methoxy groups -OCH3 is 1. The highest BCUT2D eigenvalue weighted by atomic mass is 16.5. The van der Waals surface area contributed by atoms with Crippen LogP contribution in [0, 0.1) is 0 Å². The monoisotopic (exact) mass is 467 g/mol. The molecule has 0 aliphatic rings. The summed E-state index contributed by atoms with van der Waals surface area (Å²) in [6, 6.07) is 22.9. The molecule has 0 bridgehead atoms. The van der Waals surface area contributed by atoms with Crippen molar-refractivity contribution in [3.8, 4) is 16.9 Å². The second-order valence-electron chi connectivity index (χ2n) is 8.27. The summed E-state index contributed by atoms with van der Waals surface area (Å²) < 4.78 is 10.5. The molecule has 7 nitrogen and oxygen atoms in total. The molecule has 0 radical (unpaired) electrons. The number of ether oxygens (including phenoxy) is 2. The Hall–Kier alpha value is -4.52. The van der Waals surface area contributed by atoms with Gasteiger partial charge in [-0.2, -0.15) is 0 Å². The molecule has 2 heterocycles. The van der Waals surface area contributed by atoms with E-state index in [1.54, 1.807) is 19.2 Å². The number of rotatable bonds is 7. The molecular formula is C28H25N3O4. The third kappa shape index (κ3) is 4.89. The lowest BCUT2D eigenvalue weighted by molar-refractivity contribution is 0.160. The number of amides is 1. The van der Waals surface area contributed by atoms with E-state index >= 15 is 0 Å². The van der Waals surface area contributed by atoms with Crippen molar-refractivity contribution in [1.29, 1.82) is 0 Å². The summed E-state index contributed by atoms with van der Waals surface area (Å²) in [5, 5.41) is 4.58. The molecule has 0 aliphatic carbocycles. The van der Waals surface area contributed by atoms with Gasteiger partial charge in [0.2, 0.25) is 0 Å². The molecule has 0 unspecified atom stereocenters. The fraction of sp³-hybridized carbons (Fsp3) is 0.143. The molecular weight excluding hydrogens is 442 g/mol. The van der Waals surface area contributed by atoms with E-state index in [-0.39, 0.29) is 5.56 Å². The van der Waals surface area contributed by atoms with Gasteiger partial charge in [-0.1, -0.05) is 36.4 Å². The normalized spacial score (nSPS) is 11.0. The van der Waals surface area contributed by atoms with Gasteiger partial charge in [0.05, 0.1) is 19.2 Å². The van der Waals surface area contributed by atoms with Gasteiger partial charge in [0.15, 0.2) is 0 Å². The van der Waals surface area contributed by atoms with Gasteiger partial charge < -0.3 is 19.4 Å². The average molecular weight is 468 g/mol. The van der Waals surface area contributed by atoms with Gasteiger partial charge in [0, 0.05) is 33.9 Å². The predicted molar refractivity (Wildman–Crippen MR) is 138 cm³/mol. The van der Waals surface area contributed by atoms with E-state index in [0.29, 0.717) is 29.8 Å². The average Bonchev–Trinajstić information content (AvgIpc) is 3.30. The number of anilines is 1. The molecule has 176 valence electrons. The third-order valence-electron chi connectivity index (χ3n) is 5.97. The summed E-state index contributed by atoms with van der Waals surface area (Å²) in [6.45, 7) is 0.302. The molecule has 2 aromatic heterocycles. The van der Waals surface area contributed by atoms with Crippen molar-refractivity contribution < 1.29 is 14.3 Å². The Balaban J connectivity index is 1.22. The molecule has 0 saturated heterocycles. The van der Waals surface area contributed by atoms with Crippen molar-refractivity contribution in [2.24, 2.45) is 0 Å². The van der Waals surface area contributed by atoms with Gasteiger partial charge in [-0.25, -0.2) is 4.79 Å². The van der Waals surface area contributed by atoms with Gasteiger partial charge in [-0.3, -0.25) is 10.1 Å².